The van der Waals surface area contributed by atoms with Gasteiger partial charge < -0.3 is 19.3 Å². The quantitative estimate of drug-likeness (QED) is 0.523. The lowest BCUT2D eigenvalue weighted by Gasteiger charge is -2.20. The Morgan fingerprint density at radius 2 is 2.24 bits per heavy atom. The summed E-state index contributed by atoms with van der Waals surface area (Å²) in [6.07, 6.45) is 4.02. The molecule has 0 bridgehead atoms. The van der Waals surface area contributed by atoms with Crippen LogP contribution in [0, 0.1) is 0 Å². The van der Waals surface area contributed by atoms with E-state index in [1.807, 2.05) is 13.8 Å². The standard InChI is InChI=1S/C13H24O4/c1-4-13(14)17-11(3)9-16-10(2)8-12-6-5-7-15-12/h4,10-14H,1,5-9H2,2-3H3. The smallest absolute Gasteiger partial charge is 0.174 e. The predicted molar refractivity (Wildman–Crippen MR) is 65.8 cm³/mol. The van der Waals surface area contributed by atoms with Gasteiger partial charge in [-0.15, -0.1) is 0 Å². The molecule has 4 atom stereocenters. The van der Waals surface area contributed by atoms with Crippen molar-refractivity contribution in [3.05, 3.63) is 12.7 Å². The molecule has 4 heteroatoms. The van der Waals surface area contributed by atoms with Gasteiger partial charge in [0.2, 0.25) is 0 Å². The molecule has 17 heavy (non-hydrogen) atoms. The van der Waals surface area contributed by atoms with Crippen LogP contribution in [-0.2, 0) is 14.2 Å². The van der Waals surface area contributed by atoms with Crippen LogP contribution in [0.5, 0.6) is 0 Å². The topological polar surface area (TPSA) is 47.9 Å². The summed E-state index contributed by atoms with van der Waals surface area (Å²) >= 11 is 0. The van der Waals surface area contributed by atoms with Crippen LogP contribution in [0.25, 0.3) is 0 Å². The molecule has 0 aliphatic carbocycles. The Balaban J connectivity index is 2.09. The van der Waals surface area contributed by atoms with E-state index in [0.29, 0.717) is 12.7 Å². The van der Waals surface area contributed by atoms with Crippen LogP contribution in [0.3, 0.4) is 0 Å². The Morgan fingerprint density at radius 1 is 1.47 bits per heavy atom. The number of ether oxygens (including phenoxy) is 3. The second-order valence-corrected chi connectivity index (χ2v) is 4.59. The molecule has 1 saturated heterocycles. The first-order valence-corrected chi connectivity index (χ1v) is 6.31. The van der Waals surface area contributed by atoms with Crippen molar-refractivity contribution in [2.24, 2.45) is 0 Å². The lowest BCUT2D eigenvalue weighted by atomic mass is 10.1. The zero-order chi connectivity index (χ0) is 12.7. The van der Waals surface area contributed by atoms with Crippen LogP contribution in [-0.4, -0.2) is 42.9 Å². The van der Waals surface area contributed by atoms with Crippen molar-refractivity contribution >= 4 is 0 Å². The molecule has 0 aromatic carbocycles. The van der Waals surface area contributed by atoms with Gasteiger partial charge in [0, 0.05) is 6.61 Å². The zero-order valence-corrected chi connectivity index (χ0v) is 10.8. The minimum atomic E-state index is -0.915. The van der Waals surface area contributed by atoms with E-state index in [4.69, 9.17) is 14.2 Å². The van der Waals surface area contributed by atoms with Crippen molar-refractivity contribution in [3.8, 4) is 0 Å². The molecule has 1 aliphatic heterocycles. The SMILES string of the molecule is C=CC(O)OC(C)COC(C)CC1CCCO1. The summed E-state index contributed by atoms with van der Waals surface area (Å²) in [5, 5.41) is 9.21. The summed E-state index contributed by atoms with van der Waals surface area (Å²) in [5.41, 5.74) is 0. The van der Waals surface area contributed by atoms with Crippen LogP contribution in [0.1, 0.15) is 33.1 Å². The van der Waals surface area contributed by atoms with E-state index < -0.39 is 6.29 Å². The van der Waals surface area contributed by atoms with E-state index in [9.17, 15) is 5.11 Å². The largest absolute Gasteiger partial charge is 0.378 e. The molecule has 0 saturated carbocycles. The van der Waals surface area contributed by atoms with Crippen LogP contribution in [0.2, 0.25) is 0 Å². The predicted octanol–water partition coefficient (Wildman–Crippen LogP) is 1.87. The molecule has 1 aliphatic rings. The Bertz CT molecular complexity index is 213. The van der Waals surface area contributed by atoms with E-state index in [1.165, 1.54) is 6.08 Å². The number of hydrogen-bond donors (Lipinski definition) is 1. The fourth-order valence-electron chi connectivity index (χ4n) is 1.90. The number of hydrogen-bond acceptors (Lipinski definition) is 4. The Hall–Kier alpha value is -0.420. The molecular formula is C13H24O4. The van der Waals surface area contributed by atoms with Gasteiger partial charge >= 0.3 is 0 Å². The lowest BCUT2D eigenvalue weighted by molar-refractivity contribution is -0.128. The molecule has 0 aromatic heterocycles. The Morgan fingerprint density at radius 3 is 2.82 bits per heavy atom. The monoisotopic (exact) mass is 244 g/mol. The van der Waals surface area contributed by atoms with Crippen molar-refractivity contribution < 1.29 is 19.3 Å². The fraction of sp³-hybridized carbons (Fsp3) is 0.846. The van der Waals surface area contributed by atoms with Crippen molar-refractivity contribution in [1.29, 1.82) is 0 Å². The third kappa shape index (κ3) is 6.17. The number of aliphatic hydroxyl groups excluding tert-OH is 1. The van der Waals surface area contributed by atoms with Gasteiger partial charge in [-0.1, -0.05) is 6.58 Å². The maximum absolute atomic E-state index is 9.21. The van der Waals surface area contributed by atoms with Crippen LogP contribution in [0.4, 0.5) is 0 Å². The summed E-state index contributed by atoms with van der Waals surface area (Å²) in [4.78, 5) is 0. The van der Waals surface area contributed by atoms with E-state index in [2.05, 4.69) is 6.58 Å². The third-order valence-electron chi connectivity index (χ3n) is 2.81. The molecule has 1 rings (SSSR count). The van der Waals surface area contributed by atoms with Gasteiger partial charge in [0.15, 0.2) is 6.29 Å². The summed E-state index contributed by atoms with van der Waals surface area (Å²) in [6, 6.07) is 0. The van der Waals surface area contributed by atoms with Crippen LogP contribution >= 0.6 is 0 Å². The van der Waals surface area contributed by atoms with Crippen molar-refractivity contribution in [2.75, 3.05) is 13.2 Å². The van der Waals surface area contributed by atoms with Gasteiger partial charge in [0.25, 0.3) is 0 Å². The van der Waals surface area contributed by atoms with Gasteiger partial charge in [-0.25, -0.2) is 0 Å². The first-order valence-electron chi connectivity index (χ1n) is 6.31. The average molecular weight is 244 g/mol. The van der Waals surface area contributed by atoms with Crippen LogP contribution in [0.15, 0.2) is 12.7 Å². The minimum Gasteiger partial charge on any atom is -0.378 e. The molecule has 0 spiro atoms. The second-order valence-electron chi connectivity index (χ2n) is 4.59. The molecule has 1 heterocycles. The molecule has 4 nitrogen and oxygen atoms in total. The summed E-state index contributed by atoms with van der Waals surface area (Å²) in [7, 11) is 0. The average Bonchev–Trinajstić information content (AvgIpc) is 2.79. The molecule has 4 unspecified atom stereocenters. The fourth-order valence-corrected chi connectivity index (χ4v) is 1.90. The zero-order valence-electron chi connectivity index (χ0n) is 10.8. The Kier molecular flexibility index (Phi) is 6.73. The first-order chi connectivity index (χ1) is 8.11. The summed E-state index contributed by atoms with van der Waals surface area (Å²) in [5.74, 6) is 0. The number of aliphatic hydroxyl groups is 1. The van der Waals surface area contributed by atoms with Crippen molar-refractivity contribution in [2.45, 2.75) is 57.7 Å². The van der Waals surface area contributed by atoms with Gasteiger partial charge in [0.05, 0.1) is 24.9 Å². The highest BCUT2D eigenvalue weighted by atomic mass is 16.6. The molecule has 0 amide bonds. The molecule has 0 radical (unpaired) electrons. The van der Waals surface area contributed by atoms with Gasteiger partial charge in [-0.2, -0.15) is 0 Å². The van der Waals surface area contributed by atoms with Gasteiger partial charge in [0.1, 0.15) is 0 Å². The highest BCUT2D eigenvalue weighted by molar-refractivity contribution is 4.71. The Labute approximate surface area is 104 Å². The molecule has 1 fully saturated rings. The highest BCUT2D eigenvalue weighted by Gasteiger charge is 2.19. The van der Waals surface area contributed by atoms with Crippen molar-refractivity contribution in [3.63, 3.8) is 0 Å². The summed E-state index contributed by atoms with van der Waals surface area (Å²) < 4.78 is 16.4. The van der Waals surface area contributed by atoms with Gasteiger partial charge in [-0.05, 0) is 39.2 Å². The highest BCUT2D eigenvalue weighted by Crippen LogP contribution is 2.18. The second kappa shape index (κ2) is 7.82. The summed E-state index contributed by atoms with van der Waals surface area (Å²) in [6.45, 7) is 8.70. The van der Waals surface area contributed by atoms with E-state index in [1.54, 1.807) is 0 Å². The molecule has 1 N–H and O–H groups in total. The van der Waals surface area contributed by atoms with E-state index in [-0.39, 0.29) is 12.2 Å². The van der Waals surface area contributed by atoms with E-state index in [0.717, 1.165) is 25.9 Å². The van der Waals surface area contributed by atoms with Crippen molar-refractivity contribution in [1.82, 2.24) is 0 Å². The maximum atomic E-state index is 9.21. The maximum Gasteiger partial charge on any atom is 0.174 e. The first kappa shape index (κ1) is 14.6. The van der Waals surface area contributed by atoms with Crippen LogP contribution < -0.4 is 0 Å². The third-order valence-corrected chi connectivity index (χ3v) is 2.81. The van der Waals surface area contributed by atoms with E-state index >= 15 is 0 Å². The molecule has 0 aromatic rings. The molecule has 100 valence electrons. The minimum absolute atomic E-state index is 0.144. The number of rotatable bonds is 8. The lowest BCUT2D eigenvalue weighted by Crippen LogP contribution is -2.26. The normalized spacial score (nSPS) is 25.5. The molecular weight excluding hydrogens is 220 g/mol. The van der Waals surface area contributed by atoms with Gasteiger partial charge in [-0.3, -0.25) is 0 Å².